The monoisotopic (exact) mass is 293 g/mol. The molecule has 1 amide bonds. The van der Waals surface area contributed by atoms with Gasteiger partial charge in [-0.05, 0) is 43.9 Å². The van der Waals surface area contributed by atoms with Crippen molar-refractivity contribution >= 4 is 5.91 Å². The van der Waals surface area contributed by atoms with Gasteiger partial charge in [0.1, 0.15) is 0 Å². The van der Waals surface area contributed by atoms with Gasteiger partial charge < -0.3 is 10.4 Å². The lowest BCUT2D eigenvalue weighted by molar-refractivity contribution is -0.122. The van der Waals surface area contributed by atoms with E-state index in [9.17, 15) is 9.90 Å². The van der Waals surface area contributed by atoms with Crippen LogP contribution in [0.25, 0.3) is 0 Å². The largest absolute Gasteiger partial charge is 0.396 e. The molecule has 2 N–H and O–H groups in total. The number of nitrogens with one attached hydrogen (secondary N) is 1. The van der Waals surface area contributed by atoms with E-state index in [1.54, 1.807) is 0 Å². The van der Waals surface area contributed by atoms with E-state index in [1.165, 1.54) is 18.4 Å². The van der Waals surface area contributed by atoms with Crippen LogP contribution >= 0.6 is 0 Å². The summed E-state index contributed by atoms with van der Waals surface area (Å²) in [6.45, 7) is 6.78. The minimum Gasteiger partial charge on any atom is -0.396 e. The Bertz CT molecular complexity index is 383. The Balaban J connectivity index is 1.93. The maximum Gasteiger partial charge on any atom is 0.220 e. The number of aliphatic hydroxyl groups excluding tert-OH is 1. The van der Waals surface area contributed by atoms with Gasteiger partial charge >= 0.3 is 0 Å². The fraction of sp³-hybridized carbons (Fsp3) is 0.833. The molecule has 0 aromatic heterocycles. The van der Waals surface area contributed by atoms with Crippen LogP contribution in [-0.2, 0) is 4.79 Å². The molecule has 3 nitrogen and oxygen atoms in total. The maximum atomic E-state index is 12.3. The van der Waals surface area contributed by atoms with E-state index >= 15 is 0 Å². The van der Waals surface area contributed by atoms with Crippen molar-refractivity contribution in [1.82, 2.24) is 5.32 Å². The van der Waals surface area contributed by atoms with E-state index in [4.69, 9.17) is 0 Å². The van der Waals surface area contributed by atoms with Crippen LogP contribution in [0, 0.1) is 23.7 Å². The zero-order valence-electron chi connectivity index (χ0n) is 13.8. The fourth-order valence-corrected chi connectivity index (χ4v) is 4.07. The number of hydrogen-bond acceptors (Lipinski definition) is 2. The third kappa shape index (κ3) is 4.32. The first-order valence-corrected chi connectivity index (χ1v) is 8.59. The first-order chi connectivity index (χ1) is 10.0. The van der Waals surface area contributed by atoms with Crippen molar-refractivity contribution in [2.75, 3.05) is 6.61 Å². The van der Waals surface area contributed by atoms with Crippen LogP contribution in [0.2, 0.25) is 0 Å². The Kier molecular flexibility index (Phi) is 5.86. The minimum absolute atomic E-state index is 0.213. The van der Waals surface area contributed by atoms with Crippen molar-refractivity contribution in [2.24, 2.45) is 23.7 Å². The number of carbonyl (C=O) groups excluding carboxylic acids is 1. The van der Waals surface area contributed by atoms with Gasteiger partial charge in [0.05, 0.1) is 0 Å². The van der Waals surface area contributed by atoms with E-state index in [2.05, 4.69) is 32.2 Å². The van der Waals surface area contributed by atoms with E-state index in [-0.39, 0.29) is 18.4 Å². The molecule has 3 unspecified atom stereocenters. The fourth-order valence-electron chi connectivity index (χ4n) is 4.07. The number of allylic oxidation sites excluding steroid dienone is 1. The van der Waals surface area contributed by atoms with Crippen molar-refractivity contribution in [3.63, 3.8) is 0 Å². The van der Waals surface area contributed by atoms with Crippen LogP contribution in [0.15, 0.2) is 11.6 Å². The highest BCUT2D eigenvalue weighted by Gasteiger charge is 2.32. The summed E-state index contributed by atoms with van der Waals surface area (Å²) in [7, 11) is 0. The van der Waals surface area contributed by atoms with Crippen molar-refractivity contribution in [2.45, 2.75) is 65.3 Å². The minimum atomic E-state index is 0.213. The molecule has 0 radical (unpaired) electrons. The van der Waals surface area contributed by atoms with Gasteiger partial charge in [0, 0.05) is 25.0 Å². The average Bonchev–Trinajstić information content (AvgIpc) is 2.93. The second kappa shape index (κ2) is 7.44. The van der Waals surface area contributed by atoms with Gasteiger partial charge in [0.2, 0.25) is 5.91 Å². The lowest BCUT2D eigenvalue weighted by Gasteiger charge is -2.36. The first-order valence-electron chi connectivity index (χ1n) is 8.59. The van der Waals surface area contributed by atoms with Crippen LogP contribution in [0.5, 0.6) is 0 Å². The van der Waals surface area contributed by atoms with Crippen LogP contribution in [0.1, 0.15) is 59.3 Å². The van der Waals surface area contributed by atoms with E-state index in [1.807, 2.05) is 0 Å². The number of rotatable bonds is 5. The summed E-state index contributed by atoms with van der Waals surface area (Å²) in [5.41, 5.74) is 1.28. The quantitative estimate of drug-likeness (QED) is 0.764. The molecule has 0 aliphatic heterocycles. The van der Waals surface area contributed by atoms with Gasteiger partial charge in [-0.15, -0.1) is 0 Å². The molecule has 2 aliphatic carbocycles. The van der Waals surface area contributed by atoms with Gasteiger partial charge in [-0.25, -0.2) is 0 Å². The molecule has 0 spiro atoms. The zero-order valence-corrected chi connectivity index (χ0v) is 13.8. The maximum absolute atomic E-state index is 12.3. The predicted molar refractivity (Wildman–Crippen MR) is 85.8 cm³/mol. The van der Waals surface area contributed by atoms with Crippen molar-refractivity contribution in [3.8, 4) is 0 Å². The van der Waals surface area contributed by atoms with Gasteiger partial charge in [-0.3, -0.25) is 4.79 Å². The summed E-state index contributed by atoms with van der Waals surface area (Å²) in [5, 5.41) is 12.8. The Morgan fingerprint density at radius 3 is 2.62 bits per heavy atom. The number of aliphatic hydroxyl groups is 1. The van der Waals surface area contributed by atoms with Crippen LogP contribution in [-0.4, -0.2) is 23.7 Å². The van der Waals surface area contributed by atoms with E-state index in [0.717, 1.165) is 19.3 Å². The van der Waals surface area contributed by atoms with Gasteiger partial charge in [0.15, 0.2) is 0 Å². The van der Waals surface area contributed by atoms with Crippen molar-refractivity contribution in [1.29, 1.82) is 0 Å². The highest BCUT2D eigenvalue weighted by atomic mass is 16.3. The molecule has 0 saturated heterocycles. The molecule has 0 aromatic rings. The second-order valence-corrected chi connectivity index (χ2v) is 7.35. The molecule has 21 heavy (non-hydrogen) atoms. The third-order valence-corrected chi connectivity index (χ3v) is 5.45. The molecule has 0 aromatic carbocycles. The zero-order chi connectivity index (χ0) is 15.4. The number of carbonyl (C=O) groups is 1. The molecule has 0 heterocycles. The van der Waals surface area contributed by atoms with Crippen LogP contribution in [0.4, 0.5) is 0 Å². The Morgan fingerprint density at radius 2 is 2.05 bits per heavy atom. The van der Waals surface area contributed by atoms with E-state index in [0.29, 0.717) is 30.2 Å². The smallest absolute Gasteiger partial charge is 0.220 e. The standard InChI is InChI=1S/C18H31NO2/c1-12(2)17-9-14(13(3)8-15(17)11-20)10-18(21)19-16-6-4-5-7-16/h8,12,14-17,20H,4-7,9-11H2,1-3H3,(H,19,21). The Labute approximate surface area is 129 Å². The summed E-state index contributed by atoms with van der Waals surface area (Å²) in [6.07, 6.45) is 8.64. The molecule has 2 aliphatic rings. The lowest BCUT2D eigenvalue weighted by atomic mass is 9.70. The van der Waals surface area contributed by atoms with Crippen LogP contribution in [0.3, 0.4) is 0 Å². The molecule has 1 fully saturated rings. The SMILES string of the molecule is CC1=CC(CO)C(C(C)C)CC1CC(=O)NC1CCCC1. The highest BCUT2D eigenvalue weighted by Crippen LogP contribution is 2.38. The summed E-state index contributed by atoms with van der Waals surface area (Å²) in [6, 6.07) is 0.413. The molecule has 1 saturated carbocycles. The number of hydrogen-bond donors (Lipinski definition) is 2. The second-order valence-electron chi connectivity index (χ2n) is 7.35. The Morgan fingerprint density at radius 1 is 1.38 bits per heavy atom. The molecule has 120 valence electrons. The number of amides is 1. The average molecular weight is 293 g/mol. The topological polar surface area (TPSA) is 49.3 Å². The van der Waals surface area contributed by atoms with Gasteiger partial charge in [0.25, 0.3) is 0 Å². The highest BCUT2D eigenvalue weighted by molar-refractivity contribution is 5.77. The first kappa shape index (κ1) is 16.5. The molecule has 0 bridgehead atoms. The molecule has 2 rings (SSSR count). The molecular weight excluding hydrogens is 262 g/mol. The molecular formula is C18H31NO2. The summed E-state index contributed by atoms with van der Waals surface area (Å²) in [5.74, 6) is 1.86. The summed E-state index contributed by atoms with van der Waals surface area (Å²) < 4.78 is 0. The molecule has 3 atom stereocenters. The third-order valence-electron chi connectivity index (χ3n) is 5.45. The van der Waals surface area contributed by atoms with Crippen LogP contribution < -0.4 is 5.32 Å². The molecule has 3 heteroatoms. The van der Waals surface area contributed by atoms with Crippen molar-refractivity contribution in [3.05, 3.63) is 11.6 Å². The van der Waals surface area contributed by atoms with Gasteiger partial charge in [-0.1, -0.05) is 38.3 Å². The Hall–Kier alpha value is -0.830. The van der Waals surface area contributed by atoms with E-state index < -0.39 is 0 Å². The van der Waals surface area contributed by atoms with Gasteiger partial charge in [-0.2, -0.15) is 0 Å². The normalized spacial score (nSPS) is 30.5. The lowest BCUT2D eigenvalue weighted by Crippen LogP contribution is -2.36. The predicted octanol–water partition coefficient (Wildman–Crippen LogP) is 3.28. The van der Waals surface area contributed by atoms with Crippen molar-refractivity contribution < 1.29 is 9.90 Å². The summed E-state index contributed by atoms with van der Waals surface area (Å²) in [4.78, 5) is 12.3. The summed E-state index contributed by atoms with van der Waals surface area (Å²) >= 11 is 0.